The molecule has 0 heterocycles. The molecule has 20 heavy (non-hydrogen) atoms. The third-order valence-electron chi connectivity index (χ3n) is 3.68. The molecule has 0 atom stereocenters. The summed E-state index contributed by atoms with van der Waals surface area (Å²) in [7, 11) is -3.93. The molecule has 7 heteroatoms. The van der Waals surface area contributed by atoms with E-state index in [1.807, 2.05) is 0 Å². The molecule has 1 aromatic rings. The smallest absolute Gasteiger partial charge is 0.242 e. The zero-order valence-electron chi connectivity index (χ0n) is 11.1. The highest BCUT2D eigenvalue weighted by Crippen LogP contribution is 2.28. The summed E-state index contributed by atoms with van der Waals surface area (Å²) >= 11 is 0. The predicted octanol–water partition coefficient (Wildman–Crippen LogP) is 1.38. The zero-order valence-corrected chi connectivity index (χ0v) is 11.9. The average Bonchev–Trinajstić information content (AvgIpc) is 2.41. The number of aliphatic hydroxyl groups is 1. The number of nitrogens with two attached hydrogens (primary N) is 1. The van der Waals surface area contributed by atoms with Gasteiger partial charge in [-0.25, -0.2) is 17.5 Å². The topological polar surface area (TPSA) is 92.4 Å². The van der Waals surface area contributed by atoms with Crippen molar-refractivity contribution in [3.63, 3.8) is 0 Å². The maximum atomic E-state index is 13.3. The van der Waals surface area contributed by atoms with E-state index in [1.165, 1.54) is 12.1 Å². The number of nitrogens with one attached hydrogen (secondary N) is 1. The summed E-state index contributed by atoms with van der Waals surface area (Å²) in [6.45, 7) is -0.0781. The highest BCUT2D eigenvalue weighted by Gasteiger charge is 2.31. The first-order valence-corrected chi connectivity index (χ1v) is 8.08. The lowest BCUT2D eigenvalue weighted by molar-refractivity contribution is 0.00946. The highest BCUT2D eigenvalue weighted by molar-refractivity contribution is 7.89. The van der Waals surface area contributed by atoms with Gasteiger partial charge >= 0.3 is 0 Å². The van der Waals surface area contributed by atoms with Gasteiger partial charge in [0, 0.05) is 6.54 Å². The van der Waals surface area contributed by atoms with E-state index < -0.39 is 27.1 Å². The van der Waals surface area contributed by atoms with Crippen LogP contribution in [0.3, 0.4) is 0 Å². The molecule has 0 amide bonds. The van der Waals surface area contributed by atoms with Gasteiger partial charge in [0.2, 0.25) is 10.0 Å². The second-order valence-corrected chi connectivity index (χ2v) is 7.00. The minimum Gasteiger partial charge on any atom is -0.395 e. The molecule has 1 saturated carbocycles. The maximum absolute atomic E-state index is 13.3. The van der Waals surface area contributed by atoms with Crippen LogP contribution in [0.2, 0.25) is 0 Å². The van der Waals surface area contributed by atoms with Crippen LogP contribution in [0.4, 0.5) is 10.1 Å². The molecule has 0 bridgehead atoms. The summed E-state index contributed by atoms with van der Waals surface area (Å²) in [6.07, 6.45) is 3.93. The first kappa shape index (κ1) is 15.2. The van der Waals surface area contributed by atoms with Gasteiger partial charge in [0.15, 0.2) is 0 Å². The Morgan fingerprint density at radius 2 is 1.95 bits per heavy atom. The van der Waals surface area contributed by atoms with Crippen LogP contribution in [0.1, 0.15) is 32.1 Å². The molecular formula is C13H19FN2O3S. The summed E-state index contributed by atoms with van der Waals surface area (Å²) in [5, 5.41) is 10.3. The van der Waals surface area contributed by atoms with E-state index in [1.54, 1.807) is 0 Å². The minimum absolute atomic E-state index is 0.0781. The number of anilines is 1. The molecule has 2 rings (SSSR count). The van der Waals surface area contributed by atoms with Gasteiger partial charge in [0.25, 0.3) is 0 Å². The average molecular weight is 302 g/mol. The maximum Gasteiger partial charge on any atom is 0.242 e. The first-order valence-electron chi connectivity index (χ1n) is 6.60. The summed E-state index contributed by atoms with van der Waals surface area (Å²) in [5.74, 6) is -0.774. The Bertz CT molecular complexity index is 583. The Morgan fingerprint density at radius 1 is 1.30 bits per heavy atom. The van der Waals surface area contributed by atoms with Crippen LogP contribution in [0.15, 0.2) is 23.1 Å². The molecule has 1 aliphatic carbocycles. The molecule has 4 N–H and O–H groups in total. The van der Waals surface area contributed by atoms with Crippen molar-refractivity contribution >= 4 is 15.7 Å². The molecule has 1 fully saturated rings. The lowest BCUT2D eigenvalue weighted by Crippen LogP contribution is -2.44. The fourth-order valence-electron chi connectivity index (χ4n) is 2.45. The van der Waals surface area contributed by atoms with Crippen molar-refractivity contribution in [1.82, 2.24) is 4.72 Å². The second kappa shape index (κ2) is 5.67. The van der Waals surface area contributed by atoms with Crippen molar-refractivity contribution in [2.75, 3.05) is 12.3 Å². The Hall–Kier alpha value is -1.18. The van der Waals surface area contributed by atoms with Gasteiger partial charge in [-0.05, 0) is 25.0 Å². The van der Waals surface area contributed by atoms with Crippen molar-refractivity contribution < 1.29 is 17.9 Å². The van der Waals surface area contributed by atoms with Gasteiger partial charge < -0.3 is 10.8 Å². The van der Waals surface area contributed by atoms with Crippen LogP contribution in [-0.4, -0.2) is 25.7 Å². The zero-order chi connectivity index (χ0) is 14.8. The number of halogens is 1. The van der Waals surface area contributed by atoms with Gasteiger partial charge in [0.1, 0.15) is 10.7 Å². The molecule has 0 saturated heterocycles. The van der Waals surface area contributed by atoms with E-state index in [0.29, 0.717) is 12.8 Å². The number of benzene rings is 1. The highest BCUT2D eigenvalue weighted by atomic mass is 32.2. The Balaban J connectivity index is 2.13. The van der Waals surface area contributed by atoms with Crippen molar-refractivity contribution in [3.05, 3.63) is 24.0 Å². The van der Waals surface area contributed by atoms with E-state index in [0.717, 1.165) is 25.3 Å². The molecule has 0 aromatic heterocycles. The number of para-hydroxylation sites is 1. The molecule has 0 aliphatic heterocycles. The van der Waals surface area contributed by atoms with E-state index >= 15 is 0 Å². The molecule has 0 unspecified atom stereocenters. The van der Waals surface area contributed by atoms with E-state index in [2.05, 4.69) is 4.72 Å². The predicted molar refractivity (Wildman–Crippen MR) is 74.0 cm³/mol. The quantitative estimate of drug-likeness (QED) is 0.733. The summed E-state index contributed by atoms with van der Waals surface area (Å²) in [6, 6.07) is 3.63. The summed E-state index contributed by atoms with van der Waals surface area (Å²) in [4.78, 5) is -0.295. The van der Waals surface area contributed by atoms with Crippen molar-refractivity contribution in [1.29, 1.82) is 0 Å². The number of hydrogen-bond acceptors (Lipinski definition) is 4. The largest absolute Gasteiger partial charge is 0.395 e. The molecule has 112 valence electrons. The van der Waals surface area contributed by atoms with Crippen molar-refractivity contribution in [3.8, 4) is 0 Å². The fraction of sp³-hybridized carbons (Fsp3) is 0.538. The van der Waals surface area contributed by atoms with Crippen LogP contribution < -0.4 is 10.5 Å². The van der Waals surface area contributed by atoms with Crippen LogP contribution >= 0.6 is 0 Å². The first-order chi connectivity index (χ1) is 9.34. The summed E-state index contributed by atoms with van der Waals surface area (Å²) < 4.78 is 39.9. The lowest BCUT2D eigenvalue weighted by atomic mass is 9.85. The number of sulfonamides is 1. The minimum atomic E-state index is -3.93. The monoisotopic (exact) mass is 302 g/mol. The Morgan fingerprint density at radius 3 is 2.60 bits per heavy atom. The SMILES string of the molecule is Nc1c(F)cccc1S(=O)(=O)NCC1(O)CCCCC1. The molecule has 5 nitrogen and oxygen atoms in total. The number of rotatable bonds is 4. The van der Waals surface area contributed by atoms with Gasteiger partial charge in [-0.3, -0.25) is 0 Å². The third kappa shape index (κ3) is 3.28. The van der Waals surface area contributed by atoms with E-state index in [9.17, 15) is 17.9 Å². The summed E-state index contributed by atoms with van der Waals surface area (Å²) in [5.41, 5.74) is 4.03. The Kier molecular flexibility index (Phi) is 4.31. The standard InChI is InChI=1S/C13H19FN2O3S/c14-10-5-4-6-11(12(10)15)20(18,19)16-9-13(17)7-2-1-3-8-13/h4-6,16-17H,1-3,7-9,15H2. The van der Waals surface area contributed by atoms with Gasteiger partial charge in [-0.15, -0.1) is 0 Å². The Labute approximate surface area is 118 Å². The lowest BCUT2D eigenvalue weighted by Gasteiger charge is -2.32. The molecular weight excluding hydrogens is 283 g/mol. The van der Waals surface area contributed by atoms with Crippen LogP contribution in [0.25, 0.3) is 0 Å². The van der Waals surface area contributed by atoms with Crippen molar-refractivity contribution in [2.45, 2.75) is 42.6 Å². The van der Waals surface area contributed by atoms with Crippen LogP contribution in [0, 0.1) is 5.82 Å². The third-order valence-corrected chi connectivity index (χ3v) is 5.14. The van der Waals surface area contributed by atoms with Crippen molar-refractivity contribution in [2.24, 2.45) is 0 Å². The van der Waals surface area contributed by atoms with E-state index in [4.69, 9.17) is 5.73 Å². The normalized spacial score (nSPS) is 18.9. The fourth-order valence-corrected chi connectivity index (χ4v) is 3.70. The van der Waals surface area contributed by atoms with Gasteiger partial charge in [-0.1, -0.05) is 25.3 Å². The molecule has 1 aromatic carbocycles. The second-order valence-electron chi connectivity index (χ2n) is 5.26. The van der Waals surface area contributed by atoms with Crippen LogP contribution in [0.5, 0.6) is 0 Å². The van der Waals surface area contributed by atoms with Gasteiger partial charge in [-0.2, -0.15) is 0 Å². The molecule has 1 aliphatic rings. The molecule has 0 radical (unpaired) electrons. The van der Waals surface area contributed by atoms with Gasteiger partial charge in [0.05, 0.1) is 11.3 Å². The van der Waals surface area contributed by atoms with E-state index in [-0.39, 0.29) is 11.4 Å². The number of nitrogen functional groups attached to an aromatic ring is 1. The molecule has 0 spiro atoms. The number of hydrogen-bond donors (Lipinski definition) is 3. The van der Waals surface area contributed by atoms with Crippen LogP contribution in [-0.2, 0) is 10.0 Å².